The summed E-state index contributed by atoms with van der Waals surface area (Å²) in [6.07, 6.45) is 4.63. The number of rotatable bonds is 8. The number of aromatic nitrogens is 5. The van der Waals surface area contributed by atoms with Gasteiger partial charge in [0.1, 0.15) is 5.60 Å². The molecule has 2 atom stereocenters. The molecule has 1 unspecified atom stereocenters. The summed E-state index contributed by atoms with van der Waals surface area (Å²) < 4.78 is 38.3. The minimum absolute atomic E-state index is 0.0367. The Morgan fingerprint density at radius 3 is 2.52 bits per heavy atom. The van der Waals surface area contributed by atoms with Crippen molar-refractivity contribution < 1.29 is 22.4 Å². The van der Waals surface area contributed by atoms with Gasteiger partial charge in [-0.2, -0.15) is 8.42 Å². The zero-order valence-electron chi connectivity index (χ0n) is 24.2. The quantitative estimate of drug-likeness (QED) is 0.263. The van der Waals surface area contributed by atoms with Gasteiger partial charge in [0.25, 0.3) is 10.1 Å². The van der Waals surface area contributed by atoms with Gasteiger partial charge in [0.2, 0.25) is 0 Å². The van der Waals surface area contributed by atoms with E-state index in [9.17, 15) is 13.5 Å². The number of aliphatic hydroxyl groups is 1. The van der Waals surface area contributed by atoms with Crippen LogP contribution in [0, 0.1) is 12.8 Å². The fraction of sp³-hybridized carbons (Fsp3) is 0.387. The van der Waals surface area contributed by atoms with Gasteiger partial charge in [0.15, 0.2) is 0 Å². The number of pyridine rings is 1. The minimum atomic E-state index is -3.73. The largest absolute Gasteiger partial charge is 0.383 e. The van der Waals surface area contributed by atoms with Gasteiger partial charge in [-0.3, -0.25) is 9.17 Å². The zero-order valence-corrected chi connectivity index (χ0v) is 25.0. The van der Waals surface area contributed by atoms with Gasteiger partial charge in [0.05, 0.1) is 46.8 Å². The van der Waals surface area contributed by atoms with Crippen molar-refractivity contribution in [3.63, 3.8) is 0 Å². The van der Waals surface area contributed by atoms with E-state index in [1.807, 2.05) is 44.4 Å². The van der Waals surface area contributed by atoms with Gasteiger partial charge in [-0.1, -0.05) is 47.7 Å². The van der Waals surface area contributed by atoms with Gasteiger partial charge in [-0.15, -0.1) is 5.10 Å². The van der Waals surface area contributed by atoms with Gasteiger partial charge in [0, 0.05) is 37.4 Å². The maximum Gasteiger partial charge on any atom is 0.264 e. The zero-order chi connectivity index (χ0) is 29.6. The Morgan fingerprint density at radius 1 is 1.12 bits per heavy atom. The van der Waals surface area contributed by atoms with Crippen molar-refractivity contribution in [3.05, 3.63) is 77.6 Å². The van der Waals surface area contributed by atoms with Gasteiger partial charge in [-0.25, -0.2) is 4.68 Å². The third kappa shape index (κ3) is 5.33. The molecule has 0 aliphatic carbocycles. The molecule has 1 saturated heterocycles. The lowest BCUT2D eigenvalue weighted by atomic mass is 9.86. The van der Waals surface area contributed by atoms with Crippen molar-refractivity contribution in [2.24, 2.45) is 13.0 Å². The van der Waals surface area contributed by atoms with Crippen LogP contribution in [0.5, 0.6) is 0 Å². The number of aryl methyl sites for hydroxylation is 2. The van der Waals surface area contributed by atoms with Gasteiger partial charge in [-0.05, 0) is 55.9 Å². The first kappa shape index (κ1) is 28.5. The van der Waals surface area contributed by atoms with Crippen LogP contribution < -0.4 is 0 Å². The van der Waals surface area contributed by atoms with Crippen molar-refractivity contribution in [2.75, 3.05) is 26.1 Å². The second-order valence-electron chi connectivity index (χ2n) is 11.4. The molecule has 5 aromatic rings. The summed E-state index contributed by atoms with van der Waals surface area (Å²) in [5.74, 6) is 0.293. The third-order valence-electron chi connectivity index (χ3n) is 8.22. The molecule has 1 N–H and O–H groups in total. The maximum atomic E-state index is 11.7. The summed E-state index contributed by atoms with van der Waals surface area (Å²) >= 11 is 0. The van der Waals surface area contributed by atoms with Crippen LogP contribution in [-0.4, -0.2) is 64.1 Å². The monoisotopic (exact) mass is 589 g/mol. The molecule has 0 bridgehead atoms. The van der Waals surface area contributed by atoms with Crippen molar-refractivity contribution in [3.8, 4) is 11.3 Å². The van der Waals surface area contributed by atoms with E-state index in [-0.39, 0.29) is 6.04 Å². The van der Waals surface area contributed by atoms with Crippen molar-refractivity contribution in [1.29, 1.82) is 0 Å². The summed E-state index contributed by atoms with van der Waals surface area (Å²) in [6, 6.07) is 18.3. The molecule has 220 valence electrons. The number of hydrogen-bond acceptors (Lipinski definition) is 8. The highest BCUT2D eigenvalue weighted by atomic mass is 32.2. The summed E-state index contributed by atoms with van der Waals surface area (Å²) in [7, 11) is -1.86. The summed E-state index contributed by atoms with van der Waals surface area (Å²) in [4.78, 5) is 4.97. The van der Waals surface area contributed by atoms with Crippen molar-refractivity contribution in [2.45, 2.75) is 38.3 Å². The van der Waals surface area contributed by atoms with Crippen LogP contribution in [-0.2, 0) is 31.7 Å². The van der Waals surface area contributed by atoms with E-state index in [1.165, 1.54) is 5.56 Å². The highest BCUT2D eigenvalue weighted by molar-refractivity contribution is 7.85. The molecule has 1 aliphatic heterocycles. The number of ether oxygens (including phenoxy) is 1. The van der Waals surface area contributed by atoms with E-state index in [0.29, 0.717) is 24.7 Å². The normalized spacial score (nSPS) is 17.1. The Kier molecular flexibility index (Phi) is 7.38. The Labute approximate surface area is 245 Å². The smallest absolute Gasteiger partial charge is 0.264 e. The Morgan fingerprint density at radius 2 is 1.86 bits per heavy atom. The summed E-state index contributed by atoms with van der Waals surface area (Å²) in [6.45, 7) is 4.49. The summed E-state index contributed by atoms with van der Waals surface area (Å²) in [5.41, 5.74) is 5.48. The molecule has 42 heavy (non-hydrogen) atoms. The van der Waals surface area contributed by atoms with Crippen LogP contribution in [0.3, 0.4) is 0 Å². The predicted octanol–water partition coefficient (Wildman–Crippen LogP) is 4.49. The SMILES string of the molecule is Cc1nnn(C)c1-c1cnc2c3ccc(C(C)(O)COS(C)(=O)=O)cc3n([C@H](c3ccccc3)C3CCOCC3)c2c1. The highest BCUT2D eigenvalue weighted by Gasteiger charge is 2.32. The lowest BCUT2D eigenvalue weighted by molar-refractivity contribution is 0.0102. The number of nitrogens with zero attached hydrogens (tertiary/aromatic N) is 5. The molecule has 0 amide bonds. The van der Waals surface area contributed by atoms with Crippen LogP contribution >= 0.6 is 0 Å². The number of fused-ring (bicyclic) bond motifs is 3. The Hall–Kier alpha value is -3.64. The highest BCUT2D eigenvalue weighted by Crippen LogP contribution is 2.42. The minimum Gasteiger partial charge on any atom is -0.383 e. The van der Waals surface area contributed by atoms with Crippen LogP contribution in [0.4, 0.5) is 0 Å². The van der Waals surface area contributed by atoms with E-state index in [2.05, 4.69) is 45.2 Å². The van der Waals surface area contributed by atoms with E-state index in [0.717, 1.165) is 58.0 Å². The average Bonchev–Trinajstić information content (AvgIpc) is 3.48. The first-order chi connectivity index (χ1) is 20.0. The molecular formula is C31H35N5O5S. The molecule has 3 aromatic heterocycles. The van der Waals surface area contributed by atoms with Crippen molar-refractivity contribution >= 4 is 32.1 Å². The fourth-order valence-electron chi connectivity index (χ4n) is 6.14. The molecular weight excluding hydrogens is 554 g/mol. The molecule has 0 radical (unpaired) electrons. The lowest BCUT2D eigenvalue weighted by Gasteiger charge is -2.33. The molecule has 1 fully saturated rings. The van der Waals surface area contributed by atoms with Gasteiger partial charge < -0.3 is 14.4 Å². The average molecular weight is 590 g/mol. The second kappa shape index (κ2) is 10.9. The van der Waals surface area contributed by atoms with E-state index in [4.69, 9.17) is 13.9 Å². The third-order valence-corrected chi connectivity index (χ3v) is 8.76. The van der Waals surface area contributed by atoms with E-state index >= 15 is 0 Å². The van der Waals surface area contributed by atoms with Crippen LogP contribution in [0.15, 0.2) is 60.8 Å². The standard InChI is InChI=1S/C31H35N5O5S/c1-20-29(35(3)34-33-20)23-16-27-28(32-18-23)25-11-10-24(31(2,37)19-41-42(4,38)39)17-26(25)36(27)30(21-8-6-5-7-9-21)22-12-14-40-15-13-22/h5-11,16-18,22,30,37H,12-15,19H2,1-4H3/t30-,31?/m1/s1. The predicted molar refractivity (Wildman–Crippen MR) is 160 cm³/mol. The molecule has 4 heterocycles. The fourth-order valence-corrected chi connectivity index (χ4v) is 6.59. The molecule has 0 saturated carbocycles. The summed E-state index contributed by atoms with van der Waals surface area (Å²) in [5, 5.41) is 20.8. The topological polar surface area (TPSA) is 121 Å². The van der Waals surface area contributed by atoms with Crippen molar-refractivity contribution in [1.82, 2.24) is 24.5 Å². The molecule has 10 nitrogen and oxygen atoms in total. The molecule has 2 aromatic carbocycles. The lowest BCUT2D eigenvalue weighted by Crippen LogP contribution is -2.29. The maximum absolute atomic E-state index is 11.7. The van der Waals surface area contributed by atoms with Crippen LogP contribution in [0.25, 0.3) is 33.2 Å². The first-order valence-electron chi connectivity index (χ1n) is 14.0. The number of benzene rings is 2. The van der Waals surface area contributed by atoms with Crippen LogP contribution in [0.2, 0.25) is 0 Å². The Balaban J connectivity index is 1.63. The first-order valence-corrected chi connectivity index (χ1v) is 15.9. The van der Waals surface area contributed by atoms with Gasteiger partial charge >= 0.3 is 0 Å². The molecule has 1 aliphatic rings. The second-order valence-corrected chi connectivity index (χ2v) is 13.0. The Bertz CT molecular complexity index is 1840. The number of hydrogen-bond donors (Lipinski definition) is 1. The van der Waals surface area contributed by atoms with Crippen LogP contribution in [0.1, 0.15) is 42.6 Å². The van der Waals surface area contributed by atoms with E-state index < -0.39 is 22.3 Å². The van der Waals surface area contributed by atoms with E-state index in [1.54, 1.807) is 11.6 Å². The molecule has 11 heteroatoms. The molecule has 6 rings (SSSR count). The molecule has 0 spiro atoms.